The van der Waals surface area contributed by atoms with Crippen molar-refractivity contribution >= 4 is 93.3 Å². The smallest absolute Gasteiger partial charge is 0.488 e. The van der Waals surface area contributed by atoms with Gasteiger partial charge in [-0.2, -0.15) is 25.8 Å². The molecule has 31 heteroatoms. The number of aromatic nitrogens is 6. The lowest BCUT2D eigenvalue weighted by Gasteiger charge is -2.17. The van der Waals surface area contributed by atoms with E-state index in [0.29, 0.717) is 80.9 Å². The fourth-order valence-electron chi connectivity index (χ4n) is 11.6. The Balaban J connectivity index is 0.000000279. The van der Waals surface area contributed by atoms with Crippen molar-refractivity contribution in [2.45, 2.75) is 158 Å². The fourth-order valence-corrected chi connectivity index (χ4v) is 14.9. The van der Waals surface area contributed by atoms with E-state index in [0.717, 1.165) is 114 Å². The van der Waals surface area contributed by atoms with E-state index in [9.17, 15) is 56.8 Å². The van der Waals surface area contributed by atoms with Gasteiger partial charge in [-0.1, -0.05) is 160 Å². The quantitative estimate of drug-likeness (QED) is 0.00578. The number of aryl methyl sites for hydroxylation is 4. The zero-order chi connectivity index (χ0) is 89.5. The first-order valence-electron chi connectivity index (χ1n) is 38.5. The number of pyridine rings is 2. The summed E-state index contributed by atoms with van der Waals surface area (Å²) in [6, 6.07) is 50.0. The van der Waals surface area contributed by atoms with E-state index in [1.807, 2.05) is 68.4 Å². The summed E-state index contributed by atoms with van der Waals surface area (Å²) in [7, 11) is -8.06. The van der Waals surface area contributed by atoms with E-state index >= 15 is 0 Å². The Bertz CT molecular complexity index is 5790. The number of esters is 2. The van der Waals surface area contributed by atoms with E-state index in [4.69, 9.17) is 27.6 Å². The number of nitrogens with two attached hydrogens (primary N) is 1. The number of carbonyl (C=O) groups is 2. The van der Waals surface area contributed by atoms with E-state index in [1.54, 1.807) is 98.3 Å². The molecule has 26 nitrogen and oxygen atoms in total. The first kappa shape index (κ1) is 99.2. The lowest BCUT2D eigenvalue weighted by atomic mass is 9.78. The summed E-state index contributed by atoms with van der Waals surface area (Å²) < 4.78 is 64.6. The van der Waals surface area contributed by atoms with Gasteiger partial charge in [0.1, 0.15) is 11.6 Å². The summed E-state index contributed by atoms with van der Waals surface area (Å²) in [6.07, 6.45) is 16.9. The third-order valence-corrected chi connectivity index (χ3v) is 23.0. The number of halogens is 2. The van der Waals surface area contributed by atoms with E-state index in [1.165, 1.54) is 47.2 Å². The van der Waals surface area contributed by atoms with Gasteiger partial charge in [0.15, 0.2) is 4.90 Å². The van der Waals surface area contributed by atoms with E-state index < -0.39 is 60.3 Å². The first-order valence-corrected chi connectivity index (χ1v) is 43.1. The number of aliphatic imine (C=N–C) groups is 1. The molecule has 0 unspecified atom stereocenters. The summed E-state index contributed by atoms with van der Waals surface area (Å²) >= 11 is 6.56. The number of benzene rings is 6. The van der Waals surface area contributed by atoms with E-state index in [-0.39, 0.29) is 50.8 Å². The highest BCUT2D eigenvalue weighted by Crippen LogP contribution is 2.32. The second-order valence-corrected chi connectivity index (χ2v) is 32.7. The van der Waals surface area contributed by atoms with Crippen molar-refractivity contribution in [2.75, 3.05) is 20.8 Å². The molecule has 0 aliphatic rings. The van der Waals surface area contributed by atoms with Gasteiger partial charge < -0.3 is 40.3 Å². The zero-order valence-corrected chi connectivity index (χ0v) is 73.6. The highest BCUT2D eigenvalue weighted by Gasteiger charge is 2.43. The minimum absolute atomic E-state index is 0.0650. The number of nitrogens with zero attached hydrogens (tertiary/aromatic N) is 11. The molecule has 6 aromatic carbocycles. The van der Waals surface area contributed by atoms with Gasteiger partial charge in [0.2, 0.25) is 38.0 Å². The molecule has 0 radical (unpaired) electrons. The normalized spacial score (nSPS) is 11.0. The van der Waals surface area contributed by atoms with Crippen LogP contribution >= 0.6 is 31.9 Å². The molecule has 1 atom stereocenters. The molecule has 0 saturated carbocycles. The molecule has 0 fully saturated rings. The number of sulfone groups is 2. The molecule has 6 N–H and O–H groups in total. The maximum absolute atomic E-state index is 13.7. The Kier molecular flexibility index (Phi) is 40.9. The van der Waals surface area contributed by atoms with Crippen molar-refractivity contribution in [1.82, 2.24) is 29.1 Å². The van der Waals surface area contributed by atoms with Gasteiger partial charge in [0.05, 0.1) is 87.7 Å². The molecular weight excluding hydrogens is 1710 g/mol. The Morgan fingerprint density at radius 1 is 0.628 bits per heavy atom. The third-order valence-electron chi connectivity index (χ3n) is 18.2. The number of hydrogen-bond donors (Lipinski definition) is 5. The Morgan fingerprint density at radius 2 is 1.10 bits per heavy atom. The number of hydrogen-bond acceptors (Lipinski definition) is 22. The molecule has 0 bridgehead atoms. The topological polar surface area (TPSA) is 411 Å². The number of methoxy groups -OCH3 is 2. The molecule has 0 amide bonds. The molecule has 0 aliphatic heterocycles. The van der Waals surface area contributed by atoms with Crippen LogP contribution in [-0.2, 0) is 58.0 Å². The molecule has 630 valence electrons. The van der Waals surface area contributed by atoms with Gasteiger partial charge in [-0.15, -0.1) is 0 Å². The van der Waals surface area contributed by atoms with Crippen LogP contribution in [0.5, 0.6) is 11.8 Å². The molecule has 10 aromatic rings. The van der Waals surface area contributed by atoms with Crippen LogP contribution in [0.15, 0.2) is 234 Å². The predicted molar refractivity (Wildman–Crippen MR) is 475 cm³/mol. The maximum Gasteiger partial charge on any atom is 0.488 e. The van der Waals surface area contributed by atoms with Crippen molar-refractivity contribution in [3.05, 3.63) is 304 Å². The van der Waals surface area contributed by atoms with Crippen LogP contribution in [0.2, 0.25) is 0 Å². The van der Waals surface area contributed by atoms with E-state index in [2.05, 4.69) is 124 Å². The van der Waals surface area contributed by atoms with Crippen LogP contribution in [0.4, 0.5) is 0 Å². The second kappa shape index (κ2) is 49.9. The summed E-state index contributed by atoms with van der Waals surface area (Å²) in [5.41, 5.74) is 13.9. The second-order valence-electron chi connectivity index (χ2n) is 27.0. The summed E-state index contributed by atoms with van der Waals surface area (Å²) in [5, 5.41) is 64.1. The highest BCUT2D eigenvalue weighted by molar-refractivity contribution is 9.10. The molecule has 4 heterocycles. The highest BCUT2D eigenvalue weighted by atomic mass is 79.9. The Labute approximate surface area is 723 Å². The van der Waals surface area contributed by atoms with Crippen molar-refractivity contribution in [2.24, 2.45) is 10.7 Å². The van der Waals surface area contributed by atoms with Crippen molar-refractivity contribution < 1.29 is 56.2 Å². The summed E-state index contributed by atoms with van der Waals surface area (Å²) in [4.78, 5) is 73.1. The van der Waals surface area contributed by atoms with Crippen molar-refractivity contribution in [3.8, 4) is 41.1 Å². The molecule has 10 rings (SSSR count). The summed E-state index contributed by atoms with van der Waals surface area (Å²) in [6.45, 7) is 29.2. The monoisotopic (exact) mass is 1800 g/mol. The van der Waals surface area contributed by atoms with Crippen molar-refractivity contribution in [1.29, 1.82) is 15.8 Å². The van der Waals surface area contributed by atoms with Crippen LogP contribution in [0.3, 0.4) is 0 Å². The summed E-state index contributed by atoms with van der Waals surface area (Å²) in [5.74, 6) is -2.11. The lowest BCUT2D eigenvalue weighted by molar-refractivity contribution is -0.150. The van der Waals surface area contributed by atoms with Crippen LogP contribution in [0, 0.1) is 54.4 Å². The Morgan fingerprint density at radius 3 is 1.55 bits per heavy atom. The standard InChI is InChI=1S/C29H26N4O4S.C24H22BrN3O2.C15H21N3.C11H11BrO6S.C6H8BNO2.C5H9N/c1-4-5-9-26-32-28(34)27(29(35)33(26)20(3)23-8-6-7-21(16-23)17-30)38(36,37)24-12-10-22(11-13-24)25-14-15-31-18-19(25)2;1-3-4-8-22-27-23(29)21(14-17-9-11-20(25)12-10-17)24(30)28(22)16(2)19-7-5-6-18(13-19)15-26;1-3-5-9-15(17)18-14(4-2)13-8-6-7-12(10-13)11-16;1-17-10(13)9(11(14)18-2)19(15,16)8-5-3-7(12)4-6-8;1-5-4-8-3-2-6(5)7(9)10;1-3-4-5-6-2/h6-8,10-16,18,34H,3-5,9H2,1-2H3;5-7,9-13,29H,2-4,8,14H2,1H3;6-8,10,14H,3-5,9H2,1-2H3,(H2,17,18);3-6,9H,1-2H3;2-4,9-10H,1H3;3-5H2,1H3/t;;14-;;;/m..0.../s1. The molecule has 0 saturated heterocycles. The number of unbranched alkanes of at least 4 members (excludes halogenated alkanes) is 4. The average molecular weight is 1810 g/mol. The molecule has 121 heavy (non-hydrogen) atoms. The van der Waals surface area contributed by atoms with Crippen LogP contribution < -0.4 is 22.3 Å². The fraction of sp³-hybridized carbons (Fsp3) is 0.278. The number of rotatable bonds is 28. The number of ether oxygens (including phenoxy) is 2. The molecule has 4 aromatic heterocycles. The third kappa shape index (κ3) is 28.7. The van der Waals surface area contributed by atoms with Gasteiger partial charge >= 0.3 is 19.1 Å². The number of amidine groups is 1. The van der Waals surface area contributed by atoms with Crippen LogP contribution in [-0.4, -0.2) is 117 Å². The SMILES string of the molecule is C=C(c1cccc(C#N)c1)n1c(CCCC)nc(O)c(Cc2ccc(Br)cc2)c1=O.C=C(c1cccc(C#N)c1)n1c(CCCC)nc(O)c(S(=O)(=O)c2ccc(-c3ccncc3C)cc2)c1=O.CCCCC(N)=N[C@@H](CC)c1cccc(C#N)c1.COC(=O)C(C(=O)OC)S(=O)(=O)c1ccc(Br)cc1.Cc1cnccc1B(O)O.[C-]#[N+]CCCC. The van der Waals surface area contributed by atoms with Gasteiger partial charge in [-0.25, -0.2) is 23.4 Å². The minimum Gasteiger partial charge on any atom is -0.493 e. The number of carbonyl (C=O) groups excluding carboxylic acids is 2. The van der Waals surface area contributed by atoms with Gasteiger partial charge in [0, 0.05) is 65.8 Å². The van der Waals surface area contributed by atoms with Gasteiger partial charge in [-0.05, 0) is 193 Å². The zero-order valence-electron chi connectivity index (χ0n) is 68.8. The Hall–Kier alpha value is -12.3. The minimum atomic E-state index is -4.45. The van der Waals surface area contributed by atoms with Crippen LogP contribution in [0.1, 0.15) is 172 Å². The number of nitriles is 3. The maximum atomic E-state index is 13.7. The number of aromatic hydroxyl groups is 2. The van der Waals surface area contributed by atoms with Gasteiger partial charge in [-0.3, -0.25) is 43.3 Å². The average Bonchev–Trinajstić information content (AvgIpc) is 0.751. The molecular formula is C90H97BBr2N12O14S2. The largest absolute Gasteiger partial charge is 0.493 e. The molecule has 0 aliphatic carbocycles. The van der Waals surface area contributed by atoms with Crippen LogP contribution in [0.25, 0.3) is 27.4 Å². The predicted octanol–water partition coefficient (Wildman–Crippen LogP) is 15.2. The molecule has 0 spiro atoms. The first-order chi connectivity index (χ1) is 57.8. The van der Waals surface area contributed by atoms with Gasteiger partial charge in [0.25, 0.3) is 16.4 Å². The lowest BCUT2D eigenvalue weighted by Crippen LogP contribution is -2.39. The van der Waals surface area contributed by atoms with Crippen molar-refractivity contribution in [3.63, 3.8) is 0 Å².